The number of benzene rings is 2. The Morgan fingerprint density at radius 2 is 1.65 bits per heavy atom. The number of hydrogen-bond donors (Lipinski definition) is 1. The molecule has 3 nitrogen and oxygen atoms in total. The van der Waals surface area contributed by atoms with E-state index in [1.807, 2.05) is 26.2 Å². The monoisotopic (exact) mass is 354 g/mol. The lowest BCUT2D eigenvalue weighted by Gasteiger charge is -2.28. The molecule has 1 N–H and O–H groups in total. The SMILES string of the molecule is CN(C)Cc1ccccc1CNC(=O)C1(c2ccc(F)cc2)CCCC1. The van der Waals surface area contributed by atoms with Gasteiger partial charge < -0.3 is 10.2 Å². The summed E-state index contributed by atoms with van der Waals surface area (Å²) in [6.45, 7) is 1.36. The van der Waals surface area contributed by atoms with Gasteiger partial charge in [0.1, 0.15) is 5.82 Å². The zero-order chi connectivity index (χ0) is 18.6. The van der Waals surface area contributed by atoms with Crippen molar-refractivity contribution in [1.82, 2.24) is 10.2 Å². The van der Waals surface area contributed by atoms with Crippen molar-refractivity contribution in [2.75, 3.05) is 14.1 Å². The summed E-state index contributed by atoms with van der Waals surface area (Å²) in [7, 11) is 4.08. The van der Waals surface area contributed by atoms with Gasteiger partial charge in [-0.3, -0.25) is 4.79 Å². The van der Waals surface area contributed by atoms with Crippen molar-refractivity contribution in [3.63, 3.8) is 0 Å². The standard InChI is InChI=1S/C22H27FN2O/c1-25(2)16-18-8-4-3-7-17(18)15-24-21(26)22(13-5-6-14-22)19-9-11-20(23)12-10-19/h3-4,7-12H,5-6,13-16H2,1-2H3,(H,24,26). The van der Waals surface area contributed by atoms with Gasteiger partial charge in [0.25, 0.3) is 0 Å². The van der Waals surface area contributed by atoms with E-state index in [-0.39, 0.29) is 11.7 Å². The number of nitrogens with one attached hydrogen (secondary N) is 1. The average molecular weight is 354 g/mol. The second-order valence-electron chi connectivity index (χ2n) is 7.49. The van der Waals surface area contributed by atoms with Crippen LogP contribution in [0.15, 0.2) is 48.5 Å². The molecule has 2 aromatic carbocycles. The Morgan fingerprint density at radius 3 is 2.27 bits per heavy atom. The van der Waals surface area contributed by atoms with E-state index in [0.29, 0.717) is 6.54 Å². The maximum Gasteiger partial charge on any atom is 0.230 e. The van der Waals surface area contributed by atoms with Gasteiger partial charge in [0.15, 0.2) is 0 Å². The molecule has 0 aromatic heterocycles. The van der Waals surface area contributed by atoms with Crippen LogP contribution in [-0.4, -0.2) is 24.9 Å². The van der Waals surface area contributed by atoms with Crippen LogP contribution in [0.5, 0.6) is 0 Å². The third kappa shape index (κ3) is 3.96. The van der Waals surface area contributed by atoms with Gasteiger partial charge in [-0.1, -0.05) is 49.2 Å². The Labute approximate surface area is 155 Å². The molecule has 0 saturated heterocycles. The molecule has 0 spiro atoms. The van der Waals surface area contributed by atoms with Crippen molar-refractivity contribution < 1.29 is 9.18 Å². The van der Waals surface area contributed by atoms with E-state index in [1.54, 1.807) is 12.1 Å². The number of carbonyl (C=O) groups excluding carboxylic acids is 1. The molecule has 0 aliphatic heterocycles. The van der Waals surface area contributed by atoms with E-state index < -0.39 is 5.41 Å². The van der Waals surface area contributed by atoms with Crippen molar-refractivity contribution in [2.45, 2.75) is 44.2 Å². The van der Waals surface area contributed by atoms with Crippen LogP contribution in [0.3, 0.4) is 0 Å². The Morgan fingerprint density at radius 1 is 1.04 bits per heavy atom. The van der Waals surface area contributed by atoms with Crippen molar-refractivity contribution in [3.05, 3.63) is 71.0 Å². The zero-order valence-corrected chi connectivity index (χ0v) is 15.6. The van der Waals surface area contributed by atoms with Crippen LogP contribution in [-0.2, 0) is 23.3 Å². The summed E-state index contributed by atoms with van der Waals surface area (Å²) in [4.78, 5) is 15.3. The summed E-state index contributed by atoms with van der Waals surface area (Å²) in [5, 5.41) is 3.16. The van der Waals surface area contributed by atoms with Crippen molar-refractivity contribution >= 4 is 5.91 Å². The van der Waals surface area contributed by atoms with E-state index in [4.69, 9.17) is 0 Å². The molecule has 4 heteroatoms. The molecule has 1 amide bonds. The number of hydrogen-bond acceptors (Lipinski definition) is 2. The predicted molar refractivity (Wildman–Crippen MR) is 102 cm³/mol. The number of nitrogens with zero attached hydrogens (tertiary/aromatic N) is 1. The number of amides is 1. The summed E-state index contributed by atoms with van der Waals surface area (Å²) >= 11 is 0. The molecule has 1 aliphatic rings. The minimum absolute atomic E-state index is 0.0567. The maximum atomic E-state index is 13.3. The number of carbonyl (C=O) groups is 1. The number of halogens is 1. The highest BCUT2D eigenvalue weighted by Gasteiger charge is 2.42. The van der Waals surface area contributed by atoms with Gasteiger partial charge in [-0.25, -0.2) is 4.39 Å². The van der Waals surface area contributed by atoms with Crippen molar-refractivity contribution in [3.8, 4) is 0 Å². The topological polar surface area (TPSA) is 32.3 Å². The van der Waals surface area contributed by atoms with Gasteiger partial charge in [-0.15, -0.1) is 0 Å². The molecule has 2 aromatic rings. The minimum atomic E-state index is -0.524. The highest BCUT2D eigenvalue weighted by molar-refractivity contribution is 5.88. The smallest absolute Gasteiger partial charge is 0.230 e. The highest BCUT2D eigenvalue weighted by Crippen LogP contribution is 2.41. The zero-order valence-electron chi connectivity index (χ0n) is 15.6. The van der Waals surface area contributed by atoms with E-state index in [2.05, 4.69) is 22.3 Å². The van der Waals surface area contributed by atoms with Gasteiger partial charge in [0, 0.05) is 13.1 Å². The Kier molecular flexibility index (Phi) is 5.72. The largest absolute Gasteiger partial charge is 0.351 e. The van der Waals surface area contributed by atoms with E-state index >= 15 is 0 Å². The Hall–Kier alpha value is -2.20. The molecule has 0 atom stereocenters. The van der Waals surface area contributed by atoms with Gasteiger partial charge in [0.2, 0.25) is 5.91 Å². The molecule has 0 heterocycles. The van der Waals surface area contributed by atoms with Crippen LogP contribution in [0.2, 0.25) is 0 Å². The molecule has 3 rings (SSSR count). The Balaban J connectivity index is 1.77. The van der Waals surface area contributed by atoms with Crippen LogP contribution in [0, 0.1) is 5.82 Å². The van der Waals surface area contributed by atoms with Crippen LogP contribution >= 0.6 is 0 Å². The first-order valence-electron chi connectivity index (χ1n) is 9.27. The van der Waals surface area contributed by atoms with Crippen LogP contribution < -0.4 is 5.32 Å². The van der Waals surface area contributed by atoms with Crippen molar-refractivity contribution in [2.24, 2.45) is 0 Å². The normalized spacial score (nSPS) is 16.0. The fourth-order valence-corrected chi connectivity index (χ4v) is 3.96. The number of rotatable bonds is 6. The highest BCUT2D eigenvalue weighted by atomic mass is 19.1. The third-order valence-corrected chi connectivity index (χ3v) is 5.33. The molecule has 1 saturated carbocycles. The quantitative estimate of drug-likeness (QED) is 0.850. The molecule has 0 bridgehead atoms. The van der Waals surface area contributed by atoms with E-state index in [1.165, 1.54) is 17.7 Å². The van der Waals surface area contributed by atoms with Crippen LogP contribution in [0.1, 0.15) is 42.4 Å². The van der Waals surface area contributed by atoms with Crippen LogP contribution in [0.4, 0.5) is 4.39 Å². The summed E-state index contributed by atoms with van der Waals surface area (Å²) < 4.78 is 13.3. The first-order valence-corrected chi connectivity index (χ1v) is 9.27. The third-order valence-electron chi connectivity index (χ3n) is 5.33. The fourth-order valence-electron chi connectivity index (χ4n) is 3.96. The maximum absolute atomic E-state index is 13.3. The van der Waals surface area contributed by atoms with E-state index in [9.17, 15) is 9.18 Å². The second kappa shape index (κ2) is 8.00. The summed E-state index contributed by atoms with van der Waals surface area (Å²) in [6, 6.07) is 14.6. The van der Waals surface area contributed by atoms with Gasteiger partial charge >= 0.3 is 0 Å². The molecular formula is C22H27FN2O. The Bertz CT molecular complexity index is 749. The van der Waals surface area contributed by atoms with Gasteiger partial charge in [-0.05, 0) is 55.8 Å². The fraction of sp³-hybridized carbons (Fsp3) is 0.409. The first kappa shape index (κ1) is 18.6. The van der Waals surface area contributed by atoms with Gasteiger partial charge in [0.05, 0.1) is 5.41 Å². The lowest BCUT2D eigenvalue weighted by atomic mass is 9.78. The summed E-state index contributed by atoms with van der Waals surface area (Å²) in [5.74, 6) is -0.207. The summed E-state index contributed by atoms with van der Waals surface area (Å²) in [5.41, 5.74) is 2.77. The van der Waals surface area contributed by atoms with Crippen LogP contribution in [0.25, 0.3) is 0 Å². The second-order valence-corrected chi connectivity index (χ2v) is 7.49. The average Bonchev–Trinajstić information content (AvgIpc) is 3.12. The molecule has 1 fully saturated rings. The lowest BCUT2D eigenvalue weighted by Crippen LogP contribution is -2.42. The predicted octanol–water partition coefficient (Wildman–Crippen LogP) is 4.02. The first-order chi connectivity index (χ1) is 12.5. The van der Waals surface area contributed by atoms with Crippen molar-refractivity contribution in [1.29, 1.82) is 0 Å². The minimum Gasteiger partial charge on any atom is -0.351 e. The summed E-state index contributed by atoms with van der Waals surface area (Å²) in [6.07, 6.45) is 3.71. The lowest BCUT2D eigenvalue weighted by molar-refractivity contribution is -0.126. The molecule has 26 heavy (non-hydrogen) atoms. The van der Waals surface area contributed by atoms with Gasteiger partial charge in [-0.2, -0.15) is 0 Å². The molecular weight excluding hydrogens is 327 g/mol. The molecule has 1 aliphatic carbocycles. The van der Waals surface area contributed by atoms with E-state index in [0.717, 1.165) is 43.4 Å². The molecule has 0 radical (unpaired) electrons. The molecule has 138 valence electrons. The molecule has 0 unspecified atom stereocenters.